The van der Waals surface area contributed by atoms with E-state index >= 15 is 0 Å². The van der Waals surface area contributed by atoms with Gasteiger partial charge in [0.05, 0.1) is 6.54 Å². The Kier molecular flexibility index (Phi) is 3.06. The molecule has 15 heavy (non-hydrogen) atoms. The summed E-state index contributed by atoms with van der Waals surface area (Å²) in [7, 11) is 0. The van der Waals surface area contributed by atoms with E-state index < -0.39 is 0 Å². The summed E-state index contributed by atoms with van der Waals surface area (Å²) in [6.45, 7) is 1.74. The molecule has 0 aromatic heterocycles. The van der Waals surface area contributed by atoms with E-state index in [4.69, 9.17) is 0 Å². The lowest BCUT2D eigenvalue weighted by Crippen LogP contribution is -2.24. The fraction of sp³-hybridized carbons (Fsp3) is 0.273. The number of hydrogen-bond donors (Lipinski definition) is 0. The predicted molar refractivity (Wildman–Crippen MR) is 65.0 cm³/mol. The Labute approximate surface area is 93.2 Å². The van der Waals surface area contributed by atoms with Gasteiger partial charge in [-0.2, -0.15) is 0 Å². The van der Waals surface area contributed by atoms with Gasteiger partial charge in [0.15, 0.2) is 5.17 Å². The smallest absolute Gasteiger partial charge is 0.163 e. The van der Waals surface area contributed by atoms with E-state index in [9.17, 15) is 4.79 Å². The fourth-order valence-corrected chi connectivity index (χ4v) is 2.24. The van der Waals surface area contributed by atoms with Gasteiger partial charge in [-0.05, 0) is 18.4 Å². The Morgan fingerprint density at radius 3 is 3.13 bits per heavy atom. The molecule has 0 radical (unpaired) electrons. The molecule has 1 aliphatic heterocycles. The lowest BCUT2D eigenvalue weighted by molar-refractivity contribution is 0.112. The monoisotopic (exact) mass is 220 g/mol. The minimum absolute atomic E-state index is 0.708. The Morgan fingerprint density at radius 1 is 1.53 bits per heavy atom. The molecule has 0 amide bonds. The van der Waals surface area contributed by atoms with Crippen LogP contribution in [-0.4, -0.2) is 30.8 Å². The maximum atomic E-state index is 10.7. The normalized spacial score (nSPS) is 15.3. The van der Waals surface area contributed by atoms with Crippen molar-refractivity contribution < 1.29 is 4.79 Å². The van der Waals surface area contributed by atoms with Gasteiger partial charge in [0.25, 0.3) is 0 Å². The van der Waals surface area contributed by atoms with Crippen molar-refractivity contribution in [2.45, 2.75) is 0 Å². The minimum atomic E-state index is 0.708. The topological polar surface area (TPSA) is 32.7 Å². The maximum Gasteiger partial charge on any atom is 0.163 e. The second kappa shape index (κ2) is 4.49. The molecule has 0 aliphatic carbocycles. The first kappa shape index (κ1) is 10.2. The number of carbonyl (C=O) groups excluding carboxylic acids is 1. The van der Waals surface area contributed by atoms with E-state index in [0.717, 1.165) is 30.2 Å². The van der Waals surface area contributed by atoms with Crippen molar-refractivity contribution in [3.05, 3.63) is 29.8 Å². The van der Waals surface area contributed by atoms with E-state index in [-0.39, 0.29) is 0 Å². The van der Waals surface area contributed by atoms with Gasteiger partial charge < -0.3 is 4.90 Å². The number of carbonyl (C=O) groups is 1. The molecule has 78 valence electrons. The number of aldehydes is 1. The van der Waals surface area contributed by atoms with E-state index in [2.05, 4.69) is 9.89 Å². The minimum Gasteiger partial charge on any atom is -0.319 e. The van der Waals surface area contributed by atoms with Crippen molar-refractivity contribution in [3.63, 3.8) is 0 Å². The van der Waals surface area contributed by atoms with Gasteiger partial charge in [0.2, 0.25) is 0 Å². The second-order valence-electron chi connectivity index (χ2n) is 3.23. The molecule has 0 bridgehead atoms. The summed E-state index contributed by atoms with van der Waals surface area (Å²) in [6.07, 6.45) is 2.89. The van der Waals surface area contributed by atoms with Gasteiger partial charge in [-0.15, -0.1) is 0 Å². The number of hydrogen-bond acceptors (Lipinski definition) is 4. The molecule has 1 aromatic carbocycles. The first-order valence-electron chi connectivity index (χ1n) is 4.76. The average Bonchev–Trinajstić information content (AvgIpc) is 2.77. The van der Waals surface area contributed by atoms with Crippen molar-refractivity contribution in [2.24, 2.45) is 4.99 Å². The third-order valence-electron chi connectivity index (χ3n) is 2.30. The van der Waals surface area contributed by atoms with Crippen LogP contribution in [0.3, 0.4) is 0 Å². The molecule has 1 aromatic rings. The zero-order chi connectivity index (χ0) is 10.7. The van der Waals surface area contributed by atoms with Crippen molar-refractivity contribution >= 4 is 28.9 Å². The van der Waals surface area contributed by atoms with Gasteiger partial charge in [-0.3, -0.25) is 9.79 Å². The van der Waals surface area contributed by atoms with E-state index in [1.54, 1.807) is 11.8 Å². The summed E-state index contributed by atoms with van der Waals surface area (Å²) in [4.78, 5) is 17.2. The van der Waals surface area contributed by atoms with Gasteiger partial charge in [0, 0.05) is 17.8 Å². The molecular weight excluding hydrogens is 208 g/mol. The third-order valence-corrected chi connectivity index (χ3v) is 3.02. The first-order chi connectivity index (χ1) is 7.35. The number of rotatable bonds is 2. The molecule has 2 rings (SSSR count). The molecule has 0 saturated heterocycles. The van der Waals surface area contributed by atoms with Crippen LogP contribution in [0.25, 0.3) is 0 Å². The Bertz CT molecular complexity index is 403. The molecule has 0 fully saturated rings. The van der Waals surface area contributed by atoms with E-state index in [1.807, 2.05) is 30.5 Å². The zero-order valence-electron chi connectivity index (χ0n) is 8.51. The van der Waals surface area contributed by atoms with Crippen LogP contribution in [0, 0.1) is 0 Å². The van der Waals surface area contributed by atoms with Crippen molar-refractivity contribution in [3.8, 4) is 0 Å². The number of aliphatic imine (C=N–C) groups is 1. The molecule has 0 N–H and O–H groups in total. The van der Waals surface area contributed by atoms with Crippen LogP contribution in [0.1, 0.15) is 10.4 Å². The number of amidine groups is 1. The third kappa shape index (κ3) is 2.04. The van der Waals surface area contributed by atoms with Crippen molar-refractivity contribution in [1.29, 1.82) is 0 Å². The van der Waals surface area contributed by atoms with Crippen LogP contribution < -0.4 is 4.90 Å². The molecular formula is C11H12N2OS. The lowest BCUT2D eigenvalue weighted by atomic mass is 10.2. The van der Waals surface area contributed by atoms with Crippen LogP contribution >= 0.6 is 11.8 Å². The van der Waals surface area contributed by atoms with Gasteiger partial charge in [-0.25, -0.2) is 0 Å². The van der Waals surface area contributed by atoms with Gasteiger partial charge in [-0.1, -0.05) is 23.9 Å². The number of nitrogens with zero attached hydrogens (tertiary/aromatic N) is 2. The number of benzene rings is 1. The molecule has 1 heterocycles. The van der Waals surface area contributed by atoms with Gasteiger partial charge in [0.1, 0.15) is 6.29 Å². The zero-order valence-corrected chi connectivity index (χ0v) is 9.33. The fourth-order valence-electron chi connectivity index (χ4n) is 1.61. The second-order valence-corrected chi connectivity index (χ2v) is 4.01. The van der Waals surface area contributed by atoms with Gasteiger partial charge >= 0.3 is 0 Å². The largest absolute Gasteiger partial charge is 0.319 e. The van der Waals surface area contributed by atoms with Crippen molar-refractivity contribution in [1.82, 2.24) is 0 Å². The molecule has 4 heteroatoms. The van der Waals surface area contributed by atoms with Crippen LogP contribution in [0.15, 0.2) is 29.3 Å². The number of thioether (sulfide) groups is 1. The molecule has 1 aliphatic rings. The molecule has 0 atom stereocenters. The summed E-state index contributed by atoms with van der Waals surface area (Å²) in [5.41, 5.74) is 1.75. The standard InChI is InChI=1S/C11H12N2OS/c1-15-11-12-5-6-13(11)10-4-2-3-9(7-10)8-14/h2-4,7-8H,5-6H2,1H3. The Hall–Kier alpha value is -1.29. The predicted octanol–water partition coefficient (Wildman–Crippen LogP) is 2.04. The highest BCUT2D eigenvalue weighted by atomic mass is 32.2. The Balaban J connectivity index is 2.29. The summed E-state index contributed by atoms with van der Waals surface area (Å²) in [5, 5.41) is 1.03. The Morgan fingerprint density at radius 2 is 2.40 bits per heavy atom. The summed E-state index contributed by atoms with van der Waals surface area (Å²) < 4.78 is 0. The van der Waals surface area contributed by atoms with Crippen LogP contribution in [0.4, 0.5) is 5.69 Å². The number of anilines is 1. The maximum absolute atomic E-state index is 10.7. The van der Waals surface area contributed by atoms with Crippen LogP contribution in [0.2, 0.25) is 0 Å². The highest BCUT2D eigenvalue weighted by Gasteiger charge is 2.17. The van der Waals surface area contributed by atoms with E-state index in [0.29, 0.717) is 5.56 Å². The quantitative estimate of drug-likeness (QED) is 0.715. The first-order valence-corrected chi connectivity index (χ1v) is 5.99. The highest BCUT2D eigenvalue weighted by Crippen LogP contribution is 2.22. The lowest BCUT2D eigenvalue weighted by Gasteiger charge is -2.18. The van der Waals surface area contributed by atoms with Crippen molar-refractivity contribution in [2.75, 3.05) is 24.2 Å². The molecule has 0 unspecified atom stereocenters. The van der Waals surface area contributed by atoms with Crippen LogP contribution in [-0.2, 0) is 0 Å². The summed E-state index contributed by atoms with van der Waals surface area (Å²) in [6, 6.07) is 7.60. The summed E-state index contributed by atoms with van der Waals surface area (Å²) in [5.74, 6) is 0. The van der Waals surface area contributed by atoms with E-state index in [1.165, 1.54) is 0 Å². The molecule has 0 spiro atoms. The summed E-state index contributed by atoms with van der Waals surface area (Å²) >= 11 is 1.64. The highest BCUT2D eigenvalue weighted by molar-refractivity contribution is 8.13. The molecule has 0 saturated carbocycles. The van der Waals surface area contributed by atoms with Crippen LogP contribution in [0.5, 0.6) is 0 Å². The SMILES string of the molecule is CSC1=NCCN1c1cccc(C=O)c1. The molecule has 3 nitrogen and oxygen atoms in total. The average molecular weight is 220 g/mol.